The van der Waals surface area contributed by atoms with Crippen LogP contribution in [-0.4, -0.2) is 43.2 Å². The molecule has 2 aromatic carbocycles. The summed E-state index contributed by atoms with van der Waals surface area (Å²) in [6.45, 7) is 13.6. The Balaban J connectivity index is 1.73. The van der Waals surface area contributed by atoms with Crippen LogP contribution in [0.1, 0.15) is 65.5 Å². The Labute approximate surface area is 232 Å². The molecule has 204 valence electrons. The maximum Gasteiger partial charge on any atom is 0.528 e. The van der Waals surface area contributed by atoms with Gasteiger partial charge in [0.05, 0.1) is 0 Å². The van der Waals surface area contributed by atoms with Crippen LogP contribution in [0.4, 0.5) is 4.79 Å². The zero-order valence-electron chi connectivity index (χ0n) is 23.3. The number of carbonyl (C=O) groups is 1. The summed E-state index contributed by atoms with van der Waals surface area (Å²) in [5.74, 6) is 0.0963. The zero-order valence-corrected chi connectivity index (χ0v) is 25.2. The SMILES string of the molecule is CC(C)(C)OC(=O)ON1CCC[C@H]([C@H](O[Si](c2ccccc2)(c2ccccc2)C(C)(C)C)c2nccs2)C1. The molecule has 1 aliphatic heterocycles. The number of hydrogen-bond donors (Lipinski definition) is 0. The number of hydroxylamine groups is 2. The molecular weight excluding hydrogens is 512 g/mol. The van der Waals surface area contributed by atoms with Crippen molar-refractivity contribution in [2.45, 2.75) is 71.1 Å². The lowest BCUT2D eigenvalue weighted by Crippen LogP contribution is -2.67. The summed E-state index contributed by atoms with van der Waals surface area (Å²) in [6.07, 6.45) is 2.78. The highest BCUT2D eigenvalue weighted by Crippen LogP contribution is 2.43. The fraction of sp³-hybridized carbons (Fsp3) is 0.467. The predicted molar refractivity (Wildman–Crippen MR) is 155 cm³/mol. The van der Waals surface area contributed by atoms with Gasteiger partial charge in [-0.15, -0.1) is 16.4 Å². The number of piperidine rings is 1. The van der Waals surface area contributed by atoms with Gasteiger partial charge in [0.25, 0.3) is 8.32 Å². The highest BCUT2D eigenvalue weighted by molar-refractivity contribution is 7.09. The van der Waals surface area contributed by atoms with Gasteiger partial charge in [-0.3, -0.25) is 0 Å². The van der Waals surface area contributed by atoms with E-state index in [-0.39, 0.29) is 17.1 Å². The molecule has 3 aromatic rings. The number of ether oxygens (including phenoxy) is 1. The van der Waals surface area contributed by atoms with E-state index in [1.807, 2.05) is 32.3 Å². The third-order valence-electron chi connectivity index (χ3n) is 6.86. The minimum Gasteiger partial charge on any atom is -0.427 e. The summed E-state index contributed by atoms with van der Waals surface area (Å²) in [4.78, 5) is 22.8. The molecule has 0 radical (unpaired) electrons. The average Bonchev–Trinajstić information content (AvgIpc) is 3.39. The Bertz CT molecular complexity index is 1120. The van der Waals surface area contributed by atoms with Crippen molar-refractivity contribution >= 4 is 36.2 Å². The number of carbonyl (C=O) groups excluding carboxylic acids is 1. The summed E-state index contributed by atoms with van der Waals surface area (Å²) in [5, 5.41) is 7.01. The van der Waals surface area contributed by atoms with Gasteiger partial charge in [-0.1, -0.05) is 81.4 Å². The van der Waals surface area contributed by atoms with Gasteiger partial charge < -0.3 is 14.0 Å². The first-order valence-corrected chi connectivity index (χ1v) is 16.1. The standard InChI is InChI=1S/C30H40N2O4SSi/c1-29(2,3)34-28(33)35-32-20-13-14-23(22-32)26(27-31-19-21-37-27)36-38(30(4,5)6,24-15-9-7-10-16-24)25-17-11-8-12-18-25/h7-12,15-19,21,23,26H,13-14,20,22H2,1-6H3/t23-,26-/m0/s1. The smallest absolute Gasteiger partial charge is 0.427 e. The second-order valence-corrected chi connectivity index (χ2v) is 17.1. The maximum absolute atomic E-state index is 12.4. The molecule has 1 aliphatic rings. The first-order chi connectivity index (χ1) is 18.0. The van der Waals surface area contributed by atoms with E-state index in [2.05, 4.69) is 81.4 Å². The van der Waals surface area contributed by atoms with Gasteiger partial charge in [0, 0.05) is 30.6 Å². The van der Waals surface area contributed by atoms with Crippen LogP contribution < -0.4 is 10.4 Å². The number of hydrogen-bond acceptors (Lipinski definition) is 7. The Morgan fingerprint density at radius 2 is 1.61 bits per heavy atom. The van der Waals surface area contributed by atoms with Crippen molar-refractivity contribution in [1.29, 1.82) is 0 Å². The zero-order chi connectivity index (χ0) is 27.4. The fourth-order valence-electron chi connectivity index (χ4n) is 5.28. The topological polar surface area (TPSA) is 60.9 Å². The van der Waals surface area contributed by atoms with Crippen LogP contribution in [0, 0.1) is 5.92 Å². The molecule has 0 aliphatic carbocycles. The van der Waals surface area contributed by atoms with E-state index < -0.39 is 20.1 Å². The summed E-state index contributed by atoms with van der Waals surface area (Å²) in [7, 11) is -2.82. The number of nitrogens with zero attached hydrogens (tertiary/aromatic N) is 2. The van der Waals surface area contributed by atoms with Gasteiger partial charge in [-0.2, -0.15) is 0 Å². The molecule has 0 unspecified atom stereocenters. The van der Waals surface area contributed by atoms with Gasteiger partial charge in [0.2, 0.25) is 0 Å². The van der Waals surface area contributed by atoms with Crippen LogP contribution in [0.25, 0.3) is 0 Å². The quantitative estimate of drug-likeness (QED) is 0.252. The Morgan fingerprint density at radius 1 is 1.00 bits per heavy atom. The van der Waals surface area contributed by atoms with Crippen LogP contribution in [0.3, 0.4) is 0 Å². The first kappa shape index (κ1) is 28.5. The van der Waals surface area contributed by atoms with Crippen LogP contribution in [-0.2, 0) is 14.0 Å². The normalized spacial score (nSPS) is 18.1. The molecule has 1 saturated heterocycles. The molecular formula is C30H40N2O4SSi. The summed E-state index contributed by atoms with van der Waals surface area (Å²) < 4.78 is 13.0. The van der Waals surface area contributed by atoms with E-state index in [9.17, 15) is 4.79 Å². The lowest BCUT2D eigenvalue weighted by atomic mass is 9.94. The monoisotopic (exact) mass is 552 g/mol. The van der Waals surface area contributed by atoms with Gasteiger partial charge in [-0.05, 0) is 49.0 Å². The lowest BCUT2D eigenvalue weighted by molar-refractivity contribution is -0.165. The molecule has 0 amide bonds. The molecule has 0 N–H and O–H groups in total. The van der Waals surface area contributed by atoms with Crippen LogP contribution >= 0.6 is 11.3 Å². The van der Waals surface area contributed by atoms with E-state index in [4.69, 9.17) is 19.0 Å². The van der Waals surface area contributed by atoms with Crippen molar-refractivity contribution in [3.05, 3.63) is 77.2 Å². The van der Waals surface area contributed by atoms with E-state index in [0.717, 1.165) is 17.8 Å². The largest absolute Gasteiger partial charge is 0.528 e. The van der Waals surface area contributed by atoms with Gasteiger partial charge in [0.1, 0.15) is 16.7 Å². The van der Waals surface area contributed by atoms with Crippen LogP contribution in [0.15, 0.2) is 72.2 Å². The number of rotatable bonds is 7. The molecule has 1 aromatic heterocycles. The second-order valence-electron chi connectivity index (χ2n) is 11.9. The molecule has 38 heavy (non-hydrogen) atoms. The maximum atomic E-state index is 12.4. The first-order valence-electron chi connectivity index (χ1n) is 13.3. The highest BCUT2D eigenvalue weighted by atomic mass is 32.1. The number of benzene rings is 2. The predicted octanol–water partition coefficient (Wildman–Crippen LogP) is 6.34. The van der Waals surface area contributed by atoms with E-state index in [0.29, 0.717) is 13.1 Å². The van der Waals surface area contributed by atoms with Crippen LogP contribution in [0.5, 0.6) is 0 Å². The van der Waals surface area contributed by atoms with Gasteiger partial charge >= 0.3 is 6.16 Å². The highest BCUT2D eigenvalue weighted by Gasteiger charge is 2.53. The Hall–Kier alpha value is -2.52. The van der Waals surface area contributed by atoms with Crippen molar-refractivity contribution < 1.29 is 18.8 Å². The Kier molecular flexibility index (Phi) is 8.77. The minimum absolute atomic E-state index is 0.0963. The number of thiazole rings is 1. The molecule has 2 heterocycles. The lowest BCUT2D eigenvalue weighted by Gasteiger charge is -2.47. The molecule has 2 atom stereocenters. The van der Waals surface area contributed by atoms with Crippen LogP contribution in [0.2, 0.25) is 5.04 Å². The third kappa shape index (κ3) is 6.54. The van der Waals surface area contributed by atoms with E-state index in [1.54, 1.807) is 16.4 Å². The molecule has 4 rings (SSSR count). The molecule has 0 bridgehead atoms. The van der Waals surface area contributed by atoms with E-state index in [1.165, 1.54) is 10.4 Å². The minimum atomic E-state index is -2.82. The van der Waals surface area contributed by atoms with Crippen molar-refractivity contribution in [3.63, 3.8) is 0 Å². The van der Waals surface area contributed by atoms with Crippen molar-refractivity contribution in [2.24, 2.45) is 5.92 Å². The van der Waals surface area contributed by atoms with Crippen molar-refractivity contribution in [1.82, 2.24) is 10.0 Å². The molecule has 0 spiro atoms. The Morgan fingerprint density at radius 3 is 2.11 bits per heavy atom. The van der Waals surface area contributed by atoms with Crippen molar-refractivity contribution in [2.75, 3.05) is 13.1 Å². The second kappa shape index (κ2) is 11.7. The van der Waals surface area contributed by atoms with Crippen molar-refractivity contribution in [3.8, 4) is 0 Å². The summed E-state index contributed by atoms with van der Waals surface area (Å²) >= 11 is 1.62. The van der Waals surface area contributed by atoms with E-state index >= 15 is 0 Å². The van der Waals surface area contributed by atoms with Gasteiger partial charge in [-0.25, -0.2) is 9.78 Å². The molecule has 1 fully saturated rings. The fourth-order valence-corrected chi connectivity index (χ4v) is 10.8. The molecule has 0 saturated carbocycles. The average molecular weight is 553 g/mol. The summed E-state index contributed by atoms with van der Waals surface area (Å²) in [5.41, 5.74) is -0.609. The number of aromatic nitrogens is 1. The molecule has 8 heteroatoms. The summed E-state index contributed by atoms with van der Waals surface area (Å²) in [6, 6.07) is 21.4. The van der Waals surface area contributed by atoms with Gasteiger partial charge in [0.15, 0.2) is 0 Å². The molecule has 6 nitrogen and oxygen atoms in total. The third-order valence-corrected chi connectivity index (χ3v) is 12.7.